The zero-order valence-electron chi connectivity index (χ0n) is 11.9. The third-order valence-electron chi connectivity index (χ3n) is 3.12. The van der Waals surface area contributed by atoms with Crippen LogP contribution in [0.1, 0.15) is 19.4 Å². The highest BCUT2D eigenvalue weighted by atomic mass is 35.5. The largest absolute Gasteiger partial charge is 0.344 e. The average molecular weight is 289 g/mol. The van der Waals surface area contributed by atoms with Gasteiger partial charge in [0, 0.05) is 20.1 Å². The molecule has 1 amide bonds. The molecule has 0 fully saturated rings. The Labute approximate surface area is 120 Å². The highest BCUT2D eigenvalue weighted by Crippen LogP contribution is 2.25. The zero-order chi connectivity index (χ0) is 13.8. The number of rotatable bonds is 5. The number of benzene rings is 1. The number of carbonyl (C=O) groups is 1. The van der Waals surface area contributed by atoms with Gasteiger partial charge in [0.15, 0.2) is 0 Å². The van der Waals surface area contributed by atoms with Gasteiger partial charge >= 0.3 is 0 Å². The van der Waals surface area contributed by atoms with E-state index in [9.17, 15) is 9.18 Å². The quantitative estimate of drug-likeness (QED) is 0.901. The van der Waals surface area contributed by atoms with Crippen LogP contribution in [0.3, 0.4) is 0 Å². The van der Waals surface area contributed by atoms with E-state index in [2.05, 4.69) is 5.32 Å². The molecule has 0 bridgehead atoms. The lowest BCUT2D eigenvalue weighted by molar-refractivity contribution is -0.134. The Bertz CT molecular complexity index is 424. The SMILES string of the molecule is CNCCN(C)C(=O)C(C)(C)c1cccc(F)c1.Cl. The fourth-order valence-electron chi connectivity index (χ4n) is 1.86. The number of nitrogens with one attached hydrogen (secondary N) is 1. The van der Waals surface area contributed by atoms with E-state index in [0.717, 1.165) is 6.54 Å². The molecule has 0 heterocycles. The molecule has 0 aromatic heterocycles. The minimum atomic E-state index is -0.718. The molecule has 3 nitrogen and oxygen atoms in total. The lowest BCUT2D eigenvalue weighted by atomic mass is 9.83. The average Bonchev–Trinajstić information content (AvgIpc) is 2.34. The van der Waals surface area contributed by atoms with Crippen molar-refractivity contribution in [3.8, 4) is 0 Å². The number of hydrogen-bond acceptors (Lipinski definition) is 2. The zero-order valence-corrected chi connectivity index (χ0v) is 12.7. The summed E-state index contributed by atoms with van der Waals surface area (Å²) in [6, 6.07) is 6.22. The minimum absolute atomic E-state index is 0. The van der Waals surface area contributed by atoms with E-state index in [4.69, 9.17) is 0 Å². The van der Waals surface area contributed by atoms with Crippen molar-refractivity contribution in [3.63, 3.8) is 0 Å². The van der Waals surface area contributed by atoms with Crippen LogP contribution in [0.5, 0.6) is 0 Å². The third kappa shape index (κ3) is 4.48. The van der Waals surface area contributed by atoms with Crippen molar-refractivity contribution in [2.45, 2.75) is 19.3 Å². The van der Waals surface area contributed by atoms with Crippen LogP contribution in [0.25, 0.3) is 0 Å². The first kappa shape index (κ1) is 17.9. The van der Waals surface area contributed by atoms with Gasteiger partial charge in [-0.2, -0.15) is 0 Å². The first-order chi connectivity index (χ1) is 8.39. The van der Waals surface area contributed by atoms with Crippen molar-refractivity contribution in [2.75, 3.05) is 27.2 Å². The summed E-state index contributed by atoms with van der Waals surface area (Å²) in [4.78, 5) is 14.0. The molecule has 0 aliphatic carbocycles. The summed E-state index contributed by atoms with van der Waals surface area (Å²) in [7, 11) is 3.61. The molecule has 0 aliphatic heterocycles. The van der Waals surface area contributed by atoms with Gasteiger partial charge in [0.2, 0.25) is 5.91 Å². The topological polar surface area (TPSA) is 32.3 Å². The predicted molar refractivity (Wildman–Crippen MR) is 78.2 cm³/mol. The standard InChI is InChI=1S/C14H21FN2O.ClH/c1-14(2,11-6-5-7-12(15)10-11)13(18)17(4)9-8-16-3;/h5-7,10,16H,8-9H2,1-4H3;1H. The van der Waals surface area contributed by atoms with Gasteiger partial charge in [-0.15, -0.1) is 12.4 Å². The smallest absolute Gasteiger partial charge is 0.232 e. The van der Waals surface area contributed by atoms with Gasteiger partial charge in [0.1, 0.15) is 5.82 Å². The fourth-order valence-corrected chi connectivity index (χ4v) is 1.86. The second-order valence-corrected chi connectivity index (χ2v) is 4.97. The Morgan fingerprint density at radius 2 is 2.05 bits per heavy atom. The minimum Gasteiger partial charge on any atom is -0.344 e. The predicted octanol–water partition coefficient (Wildman–Crippen LogP) is 2.20. The molecule has 108 valence electrons. The van der Waals surface area contributed by atoms with Gasteiger partial charge in [-0.25, -0.2) is 4.39 Å². The normalized spacial score (nSPS) is 10.8. The van der Waals surface area contributed by atoms with E-state index in [0.29, 0.717) is 12.1 Å². The molecule has 1 rings (SSSR count). The summed E-state index contributed by atoms with van der Waals surface area (Å²) in [5.74, 6) is -0.324. The summed E-state index contributed by atoms with van der Waals surface area (Å²) in [6.07, 6.45) is 0. The molecule has 0 radical (unpaired) electrons. The molecule has 1 aromatic rings. The van der Waals surface area contributed by atoms with Crippen LogP contribution >= 0.6 is 12.4 Å². The Hall–Kier alpha value is -1.13. The molecular weight excluding hydrogens is 267 g/mol. The van der Waals surface area contributed by atoms with E-state index >= 15 is 0 Å². The molecule has 19 heavy (non-hydrogen) atoms. The number of halogens is 2. The van der Waals surface area contributed by atoms with E-state index in [1.54, 1.807) is 24.1 Å². The molecule has 5 heteroatoms. The molecule has 0 spiro atoms. The summed E-state index contributed by atoms with van der Waals surface area (Å²) in [6.45, 7) is 5.01. The summed E-state index contributed by atoms with van der Waals surface area (Å²) in [5.41, 5.74) is -0.0197. The van der Waals surface area contributed by atoms with Crippen LogP contribution in [0, 0.1) is 5.82 Å². The second kappa shape index (κ2) is 7.46. The number of carbonyl (C=O) groups excluding carboxylic acids is 1. The highest BCUT2D eigenvalue weighted by molar-refractivity contribution is 5.87. The van der Waals surface area contributed by atoms with E-state index < -0.39 is 5.41 Å². The molecule has 1 N–H and O–H groups in total. The van der Waals surface area contributed by atoms with Crippen molar-refractivity contribution >= 4 is 18.3 Å². The first-order valence-electron chi connectivity index (χ1n) is 6.06. The maximum atomic E-state index is 13.2. The Morgan fingerprint density at radius 1 is 1.42 bits per heavy atom. The van der Waals surface area contributed by atoms with Crippen molar-refractivity contribution in [1.82, 2.24) is 10.2 Å². The van der Waals surface area contributed by atoms with E-state index in [1.807, 2.05) is 20.9 Å². The number of nitrogens with zero attached hydrogens (tertiary/aromatic N) is 1. The summed E-state index contributed by atoms with van der Waals surface area (Å²) < 4.78 is 13.2. The maximum absolute atomic E-state index is 13.2. The lowest BCUT2D eigenvalue weighted by Gasteiger charge is -2.29. The van der Waals surface area contributed by atoms with Gasteiger partial charge < -0.3 is 10.2 Å². The number of amides is 1. The Morgan fingerprint density at radius 3 is 2.58 bits per heavy atom. The molecule has 0 saturated carbocycles. The molecule has 1 aromatic carbocycles. The van der Waals surface area contributed by atoms with Crippen LogP contribution in [-0.2, 0) is 10.2 Å². The summed E-state index contributed by atoms with van der Waals surface area (Å²) in [5, 5.41) is 3.00. The Kier molecular flexibility index (Phi) is 7.01. The first-order valence-corrected chi connectivity index (χ1v) is 6.06. The van der Waals surface area contributed by atoms with Crippen molar-refractivity contribution in [3.05, 3.63) is 35.6 Å². The lowest BCUT2D eigenvalue weighted by Crippen LogP contribution is -2.43. The molecule has 0 aliphatic rings. The third-order valence-corrected chi connectivity index (χ3v) is 3.12. The van der Waals surface area contributed by atoms with Crippen LogP contribution in [0.4, 0.5) is 4.39 Å². The van der Waals surface area contributed by atoms with Crippen LogP contribution in [0.15, 0.2) is 24.3 Å². The molecule has 0 saturated heterocycles. The number of hydrogen-bond donors (Lipinski definition) is 1. The van der Waals surface area contributed by atoms with Crippen molar-refractivity contribution in [1.29, 1.82) is 0 Å². The fraction of sp³-hybridized carbons (Fsp3) is 0.500. The van der Waals surface area contributed by atoms with Gasteiger partial charge in [-0.3, -0.25) is 4.79 Å². The highest BCUT2D eigenvalue weighted by Gasteiger charge is 2.32. The molecule has 0 unspecified atom stereocenters. The number of likely N-dealkylation sites (N-methyl/N-ethyl adjacent to an activating group) is 2. The van der Waals surface area contributed by atoms with Crippen LogP contribution < -0.4 is 5.32 Å². The van der Waals surface area contributed by atoms with E-state index in [-0.39, 0.29) is 24.1 Å². The molecular formula is C14H22ClFN2O. The monoisotopic (exact) mass is 288 g/mol. The van der Waals surface area contributed by atoms with Crippen LogP contribution in [0.2, 0.25) is 0 Å². The van der Waals surface area contributed by atoms with Gasteiger partial charge in [-0.05, 0) is 38.6 Å². The molecule has 0 atom stereocenters. The van der Waals surface area contributed by atoms with Gasteiger partial charge in [0.05, 0.1) is 5.41 Å². The van der Waals surface area contributed by atoms with E-state index in [1.165, 1.54) is 12.1 Å². The van der Waals surface area contributed by atoms with Gasteiger partial charge in [0.25, 0.3) is 0 Å². The Balaban J connectivity index is 0.00000324. The maximum Gasteiger partial charge on any atom is 0.232 e. The van der Waals surface area contributed by atoms with Crippen LogP contribution in [-0.4, -0.2) is 38.0 Å². The summed E-state index contributed by atoms with van der Waals surface area (Å²) >= 11 is 0. The van der Waals surface area contributed by atoms with Crippen molar-refractivity contribution < 1.29 is 9.18 Å². The van der Waals surface area contributed by atoms with Crippen molar-refractivity contribution in [2.24, 2.45) is 0 Å². The van der Waals surface area contributed by atoms with Gasteiger partial charge in [-0.1, -0.05) is 12.1 Å². The second-order valence-electron chi connectivity index (χ2n) is 4.97.